The number of aryl methyl sites for hydroxylation is 2. The molecule has 0 bridgehead atoms. The zero-order valence-corrected chi connectivity index (χ0v) is 32.0. The second kappa shape index (κ2) is 14.5. The van der Waals surface area contributed by atoms with Crippen LogP contribution in [0.1, 0.15) is 72.3 Å². The van der Waals surface area contributed by atoms with Crippen molar-refractivity contribution in [2.75, 3.05) is 26.2 Å². The van der Waals surface area contributed by atoms with Gasteiger partial charge in [0.25, 0.3) is 0 Å². The van der Waals surface area contributed by atoms with E-state index >= 15 is 0 Å². The number of carbonyl (C=O) groups excluding carboxylic acids is 4. The molecular weight excluding hydrogens is 689 g/mol. The molecule has 2 aliphatic carbocycles. The van der Waals surface area contributed by atoms with E-state index in [-0.39, 0.29) is 47.4 Å². The smallest absolute Gasteiger partial charge is 0.234 e. The molecule has 9 heteroatoms. The number of rotatable bonds is 7. The van der Waals surface area contributed by atoms with E-state index in [9.17, 15) is 24.3 Å². The van der Waals surface area contributed by atoms with Gasteiger partial charge in [0, 0.05) is 57.3 Å². The summed E-state index contributed by atoms with van der Waals surface area (Å²) in [7, 11) is 0. The molecule has 1 N–H and O–H groups in total. The van der Waals surface area contributed by atoms with Gasteiger partial charge in [-0.2, -0.15) is 0 Å². The summed E-state index contributed by atoms with van der Waals surface area (Å²) in [5.74, 6) is -2.98. The fourth-order valence-corrected chi connectivity index (χ4v) is 11.3. The molecule has 4 aliphatic heterocycles. The molecule has 0 spiro atoms. The van der Waals surface area contributed by atoms with Gasteiger partial charge in [-0.1, -0.05) is 84.4 Å². The molecule has 1 saturated carbocycles. The third kappa shape index (κ3) is 6.33. The van der Waals surface area contributed by atoms with Gasteiger partial charge < -0.3 is 5.11 Å². The van der Waals surface area contributed by atoms with Crippen molar-refractivity contribution in [3.8, 4) is 5.75 Å². The monoisotopic (exact) mass is 740 g/mol. The summed E-state index contributed by atoms with van der Waals surface area (Å²) in [5, 5.41) is 10.8. The maximum absolute atomic E-state index is 14.7. The van der Waals surface area contributed by atoms with Gasteiger partial charge in [0.2, 0.25) is 23.6 Å². The van der Waals surface area contributed by atoms with Crippen LogP contribution in [0.4, 0.5) is 0 Å². The SMILES string of the molecule is Cc1cc([C@H]2C3=CC[C@@H]4C(=O)N(C5CCN(Cc6ccccc6)CC5)C(=O)[C@@H]4[C@@H]3C[C@H]3C(=O)N(C4CCN(Cc5ccccc5)CC4)C(=O)[C@@H]23)cc(C)c1O. The molecule has 4 saturated heterocycles. The second-order valence-corrected chi connectivity index (χ2v) is 17.1. The van der Waals surface area contributed by atoms with Crippen LogP contribution in [0.15, 0.2) is 84.4 Å². The molecule has 3 aromatic rings. The standard InChI is InChI=1S/C46H52N4O5/c1-28-23-32(24-29(2)42(28)51)39-35-13-14-36-40(45(54)49(43(36)52)33-15-19-47(20-16-33)26-30-9-5-3-6-10-30)37(35)25-38-41(39)46(55)50(44(38)53)34-17-21-48(22-18-34)27-31-11-7-4-8-12-31/h3-13,23-24,33-34,36-41,51H,14-22,25-27H2,1-2H3/t36-,37+,38+,39-,40-,41+/m0/s1. The molecule has 55 heavy (non-hydrogen) atoms. The normalized spacial score (nSPS) is 29.4. The molecule has 286 valence electrons. The maximum atomic E-state index is 14.7. The summed E-state index contributed by atoms with van der Waals surface area (Å²) in [6.45, 7) is 8.69. The van der Waals surface area contributed by atoms with Gasteiger partial charge in [0.05, 0.1) is 23.7 Å². The summed E-state index contributed by atoms with van der Waals surface area (Å²) >= 11 is 0. The number of phenols is 1. The van der Waals surface area contributed by atoms with Crippen LogP contribution in [-0.4, -0.2) is 86.6 Å². The second-order valence-electron chi connectivity index (χ2n) is 17.1. The van der Waals surface area contributed by atoms with Crippen LogP contribution in [0.2, 0.25) is 0 Å². The number of piperidine rings is 2. The molecule has 0 radical (unpaired) electrons. The Morgan fingerprint density at radius 3 is 1.58 bits per heavy atom. The number of allylic oxidation sites excluding steroid dienone is 2. The van der Waals surface area contributed by atoms with Gasteiger partial charge in [0.1, 0.15) is 5.75 Å². The first-order valence-corrected chi connectivity index (χ1v) is 20.4. The highest BCUT2D eigenvalue weighted by Crippen LogP contribution is 2.59. The minimum atomic E-state index is -0.575. The summed E-state index contributed by atoms with van der Waals surface area (Å²) < 4.78 is 0. The first-order chi connectivity index (χ1) is 26.7. The lowest BCUT2D eigenvalue weighted by molar-refractivity contribution is -0.146. The molecule has 0 aromatic heterocycles. The highest BCUT2D eigenvalue weighted by molar-refractivity contribution is 6.08. The Labute approximate surface area is 324 Å². The van der Waals surface area contributed by atoms with E-state index in [0.717, 1.165) is 87.2 Å². The fourth-order valence-electron chi connectivity index (χ4n) is 11.3. The molecular formula is C46H52N4O5. The molecule has 0 unspecified atom stereocenters. The number of amides is 4. The van der Waals surface area contributed by atoms with Crippen LogP contribution in [-0.2, 0) is 32.3 Å². The Bertz CT molecular complexity index is 1990. The van der Waals surface area contributed by atoms with Crippen LogP contribution in [0, 0.1) is 43.4 Å². The van der Waals surface area contributed by atoms with Gasteiger partial charge in [-0.3, -0.25) is 38.8 Å². The van der Waals surface area contributed by atoms with Crippen molar-refractivity contribution in [1.82, 2.24) is 19.6 Å². The number of nitrogens with zero attached hydrogens (tertiary/aromatic N) is 4. The zero-order valence-electron chi connectivity index (χ0n) is 32.0. The third-order valence-corrected chi connectivity index (χ3v) is 13.9. The van der Waals surface area contributed by atoms with E-state index in [0.29, 0.717) is 12.8 Å². The van der Waals surface area contributed by atoms with Crippen molar-refractivity contribution >= 4 is 23.6 Å². The van der Waals surface area contributed by atoms with Crippen molar-refractivity contribution in [1.29, 1.82) is 0 Å². The van der Waals surface area contributed by atoms with Gasteiger partial charge in [0.15, 0.2) is 0 Å². The average Bonchev–Trinajstić information content (AvgIpc) is 3.60. The largest absolute Gasteiger partial charge is 0.507 e. The van der Waals surface area contributed by atoms with Crippen LogP contribution in [0.25, 0.3) is 0 Å². The number of fused-ring (bicyclic) bond motifs is 4. The number of phenolic OH excluding ortho intramolecular Hbond substituents is 1. The molecule has 3 aromatic carbocycles. The van der Waals surface area contributed by atoms with E-state index in [1.165, 1.54) is 11.1 Å². The van der Waals surface area contributed by atoms with E-state index in [1.54, 1.807) is 9.80 Å². The highest BCUT2D eigenvalue weighted by atomic mass is 16.3. The summed E-state index contributed by atoms with van der Waals surface area (Å²) in [6.07, 6.45) is 5.97. The number of likely N-dealkylation sites (tertiary alicyclic amines) is 4. The van der Waals surface area contributed by atoms with Crippen LogP contribution in [0.5, 0.6) is 5.75 Å². The summed E-state index contributed by atoms with van der Waals surface area (Å²) in [5.41, 5.74) is 5.88. The first kappa shape index (κ1) is 36.1. The molecule has 4 heterocycles. The zero-order chi connectivity index (χ0) is 38.0. The maximum Gasteiger partial charge on any atom is 0.234 e. The number of imide groups is 2. The Hall–Kier alpha value is -4.60. The van der Waals surface area contributed by atoms with Crippen molar-refractivity contribution < 1.29 is 24.3 Å². The molecule has 9 nitrogen and oxygen atoms in total. The van der Waals surface area contributed by atoms with Crippen molar-refractivity contribution in [2.24, 2.45) is 29.6 Å². The minimum absolute atomic E-state index is 0.0699. The quantitative estimate of drug-likeness (QED) is 0.235. The topological polar surface area (TPSA) is 101 Å². The average molecular weight is 741 g/mol. The number of carbonyl (C=O) groups is 4. The number of hydrogen-bond acceptors (Lipinski definition) is 7. The Balaban J connectivity index is 0.977. The van der Waals surface area contributed by atoms with Crippen LogP contribution < -0.4 is 0 Å². The minimum Gasteiger partial charge on any atom is -0.507 e. The van der Waals surface area contributed by atoms with E-state index in [2.05, 4.69) is 64.4 Å². The van der Waals surface area contributed by atoms with Gasteiger partial charge in [-0.05, 0) is 86.1 Å². The van der Waals surface area contributed by atoms with Crippen LogP contribution >= 0.6 is 0 Å². The van der Waals surface area contributed by atoms with Crippen molar-refractivity contribution in [3.05, 3.63) is 112 Å². The number of benzene rings is 3. The number of hydrogen-bond donors (Lipinski definition) is 1. The molecule has 4 amide bonds. The van der Waals surface area contributed by atoms with Crippen molar-refractivity contribution in [3.63, 3.8) is 0 Å². The van der Waals surface area contributed by atoms with Gasteiger partial charge in [-0.15, -0.1) is 0 Å². The lowest BCUT2D eigenvalue weighted by Gasteiger charge is -2.44. The Kier molecular flexibility index (Phi) is 9.49. The van der Waals surface area contributed by atoms with Crippen molar-refractivity contribution in [2.45, 2.75) is 83.5 Å². The summed E-state index contributed by atoms with van der Waals surface area (Å²) in [4.78, 5) is 66.3. The van der Waals surface area contributed by atoms with Gasteiger partial charge >= 0.3 is 0 Å². The third-order valence-electron chi connectivity index (χ3n) is 13.9. The molecule has 9 rings (SSSR count). The summed E-state index contributed by atoms with van der Waals surface area (Å²) in [6, 6.07) is 24.4. The van der Waals surface area contributed by atoms with E-state index in [1.807, 2.05) is 38.1 Å². The molecule has 6 aliphatic rings. The highest BCUT2D eigenvalue weighted by Gasteiger charge is 2.63. The van der Waals surface area contributed by atoms with E-state index < -0.39 is 29.6 Å². The van der Waals surface area contributed by atoms with Crippen LogP contribution in [0.3, 0.4) is 0 Å². The lowest BCUT2D eigenvalue weighted by Crippen LogP contribution is -2.48. The lowest BCUT2D eigenvalue weighted by atomic mass is 9.57. The Morgan fingerprint density at radius 2 is 1.07 bits per heavy atom. The molecule has 5 fully saturated rings. The number of aromatic hydroxyl groups is 1. The first-order valence-electron chi connectivity index (χ1n) is 20.4. The molecule has 6 atom stereocenters. The fraction of sp³-hybridized carbons (Fsp3) is 0.478. The van der Waals surface area contributed by atoms with Gasteiger partial charge in [-0.25, -0.2) is 0 Å². The predicted octanol–water partition coefficient (Wildman–Crippen LogP) is 5.97. The predicted molar refractivity (Wildman–Crippen MR) is 208 cm³/mol. The van der Waals surface area contributed by atoms with E-state index in [4.69, 9.17) is 0 Å². The Morgan fingerprint density at radius 1 is 0.600 bits per heavy atom.